The summed E-state index contributed by atoms with van der Waals surface area (Å²) >= 11 is 1.40. The zero-order valence-corrected chi connectivity index (χ0v) is 15.7. The molecule has 0 bridgehead atoms. The number of aromatic nitrogens is 3. The highest BCUT2D eigenvalue weighted by Gasteiger charge is 2.13. The predicted octanol–water partition coefficient (Wildman–Crippen LogP) is 3.38. The zero-order chi connectivity index (χ0) is 18.4. The molecule has 0 spiro atoms. The summed E-state index contributed by atoms with van der Waals surface area (Å²) in [4.78, 5) is 12.2. The molecule has 0 aliphatic rings. The third-order valence-corrected chi connectivity index (χ3v) is 5.16. The molecule has 3 aromatic rings. The van der Waals surface area contributed by atoms with E-state index < -0.39 is 0 Å². The van der Waals surface area contributed by atoms with Crippen LogP contribution in [0.15, 0.2) is 65.8 Å². The van der Waals surface area contributed by atoms with Gasteiger partial charge in [0.1, 0.15) is 5.82 Å². The van der Waals surface area contributed by atoms with Crippen LogP contribution in [0.1, 0.15) is 29.9 Å². The molecule has 1 N–H and O–H groups in total. The van der Waals surface area contributed by atoms with Crippen molar-refractivity contribution >= 4 is 17.7 Å². The van der Waals surface area contributed by atoms with Crippen molar-refractivity contribution in [3.63, 3.8) is 0 Å². The molecule has 2 aromatic carbocycles. The lowest BCUT2D eigenvalue weighted by Gasteiger charge is -2.14. The van der Waals surface area contributed by atoms with Crippen molar-refractivity contribution in [2.75, 3.05) is 5.75 Å². The maximum absolute atomic E-state index is 12.2. The van der Waals surface area contributed by atoms with Gasteiger partial charge in [-0.05, 0) is 18.1 Å². The summed E-state index contributed by atoms with van der Waals surface area (Å²) in [6.45, 7) is 1.98. The number of amides is 1. The normalized spacial score (nSPS) is 11.9. The van der Waals surface area contributed by atoms with Gasteiger partial charge in [-0.25, -0.2) is 0 Å². The van der Waals surface area contributed by atoms with Crippen molar-refractivity contribution in [3.05, 3.63) is 77.6 Å². The van der Waals surface area contributed by atoms with E-state index in [0.29, 0.717) is 5.75 Å². The minimum absolute atomic E-state index is 0.0148. The largest absolute Gasteiger partial charge is 0.349 e. The summed E-state index contributed by atoms with van der Waals surface area (Å²) in [5.41, 5.74) is 2.28. The van der Waals surface area contributed by atoms with Gasteiger partial charge in [0.25, 0.3) is 0 Å². The molecule has 0 fully saturated rings. The molecule has 5 nitrogen and oxygen atoms in total. The number of benzene rings is 2. The molecule has 0 unspecified atom stereocenters. The number of nitrogens with zero attached hydrogens (tertiary/aromatic N) is 3. The Kier molecular flexibility index (Phi) is 6.07. The zero-order valence-electron chi connectivity index (χ0n) is 14.9. The van der Waals surface area contributed by atoms with E-state index in [4.69, 9.17) is 0 Å². The van der Waals surface area contributed by atoms with Crippen LogP contribution in [0.25, 0.3) is 0 Å². The van der Waals surface area contributed by atoms with E-state index in [-0.39, 0.29) is 11.9 Å². The molecular formula is C20H22N4OS. The molecule has 6 heteroatoms. The number of thioether (sulfide) groups is 1. The summed E-state index contributed by atoms with van der Waals surface area (Å²) in [6.07, 6.45) is 0.724. The van der Waals surface area contributed by atoms with E-state index in [2.05, 4.69) is 27.6 Å². The Balaban J connectivity index is 1.54. The van der Waals surface area contributed by atoms with Crippen molar-refractivity contribution in [3.8, 4) is 0 Å². The van der Waals surface area contributed by atoms with Crippen LogP contribution >= 0.6 is 11.8 Å². The molecule has 134 valence electrons. The van der Waals surface area contributed by atoms with Gasteiger partial charge in [-0.2, -0.15) is 0 Å². The SMILES string of the molecule is C[C@@H](NC(=O)CSc1nnc(Cc2ccccc2)n1C)c1ccccc1. The molecule has 3 rings (SSSR count). The third-order valence-electron chi connectivity index (χ3n) is 4.14. The van der Waals surface area contributed by atoms with Crippen LogP contribution in [0.4, 0.5) is 0 Å². The average Bonchev–Trinajstić information content (AvgIpc) is 3.01. The van der Waals surface area contributed by atoms with Crippen LogP contribution in [0.5, 0.6) is 0 Å². The molecule has 0 saturated carbocycles. The molecular weight excluding hydrogens is 344 g/mol. The molecule has 1 aromatic heterocycles. The average molecular weight is 366 g/mol. The van der Waals surface area contributed by atoms with Gasteiger partial charge in [0.15, 0.2) is 5.16 Å². The Labute approximate surface area is 157 Å². The smallest absolute Gasteiger partial charge is 0.230 e. The molecule has 26 heavy (non-hydrogen) atoms. The lowest BCUT2D eigenvalue weighted by molar-refractivity contribution is -0.119. The van der Waals surface area contributed by atoms with E-state index >= 15 is 0 Å². The number of hydrogen-bond donors (Lipinski definition) is 1. The monoisotopic (exact) mass is 366 g/mol. The fraction of sp³-hybridized carbons (Fsp3) is 0.250. The fourth-order valence-corrected chi connectivity index (χ4v) is 3.38. The van der Waals surface area contributed by atoms with Crippen molar-refractivity contribution in [2.45, 2.75) is 24.5 Å². The minimum Gasteiger partial charge on any atom is -0.349 e. The molecule has 0 radical (unpaired) electrons. The summed E-state index contributed by atoms with van der Waals surface area (Å²) in [5.74, 6) is 1.19. The second-order valence-corrected chi connectivity index (χ2v) is 7.05. The van der Waals surface area contributed by atoms with Crippen molar-refractivity contribution in [1.29, 1.82) is 0 Å². The van der Waals surface area contributed by atoms with Crippen molar-refractivity contribution in [2.24, 2.45) is 7.05 Å². The van der Waals surface area contributed by atoms with Gasteiger partial charge >= 0.3 is 0 Å². The van der Waals surface area contributed by atoms with Gasteiger partial charge < -0.3 is 9.88 Å². The highest BCUT2D eigenvalue weighted by atomic mass is 32.2. The van der Waals surface area contributed by atoms with Gasteiger partial charge in [0.05, 0.1) is 11.8 Å². The quantitative estimate of drug-likeness (QED) is 0.651. The van der Waals surface area contributed by atoms with Gasteiger partial charge in [-0.3, -0.25) is 4.79 Å². The van der Waals surface area contributed by atoms with E-state index in [1.54, 1.807) is 0 Å². The molecule has 1 atom stereocenters. The van der Waals surface area contributed by atoms with Crippen LogP contribution in [-0.2, 0) is 18.3 Å². The summed E-state index contributed by atoms with van der Waals surface area (Å²) in [5, 5.41) is 12.2. The van der Waals surface area contributed by atoms with E-state index in [1.807, 2.05) is 67.1 Å². The van der Waals surface area contributed by atoms with Crippen molar-refractivity contribution in [1.82, 2.24) is 20.1 Å². The van der Waals surface area contributed by atoms with Crippen molar-refractivity contribution < 1.29 is 4.79 Å². The van der Waals surface area contributed by atoms with Crippen LogP contribution in [0.3, 0.4) is 0 Å². The van der Waals surface area contributed by atoms with Gasteiger partial charge in [-0.15, -0.1) is 10.2 Å². The van der Waals surface area contributed by atoms with E-state index in [0.717, 1.165) is 23.0 Å². The summed E-state index contributed by atoms with van der Waals surface area (Å²) in [7, 11) is 1.94. The first kappa shape index (κ1) is 18.2. The van der Waals surface area contributed by atoms with Crippen LogP contribution in [0.2, 0.25) is 0 Å². The topological polar surface area (TPSA) is 59.8 Å². The Morgan fingerprint density at radius 2 is 1.73 bits per heavy atom. The predicted molar refractivity (Wildman–Crippen MR) is 104 cm³/mol. The van der Waals surface area contributed by atoms with Gasteiger partial charge in [0.2, 0.25) is 5.91 Å². The lowest BCUT2D eigenvalue weighted by atomic mass is 10.1. The first-order valence-corrected chi connectivity index (χ1v) is 9.51. The van der Waals surface area contributed by atoms with Crippen LogP contribution < -0.4 is 5.32 Å². The van der Waals surface area contributed by atoms with E-state index in [1.165, 1.54) is 17.3 Å². The highest BCUT2D eigenvalue weighted by molar-refractivity contribution is 7.99. The molecule has 0 saturated heterocycles. The minimum atomic E-state index is -0.0163. The standard InChI is InChI=1S/C20H22N4OS/c1-15(17-11-7-4-8-12-17)21-19(25)14-26-20-23-22-18(24(20)2)13-16-9-5-3-6-10-16/h3-12,15H,13-14H2,1-2H3,(H,21,25)/t15-/m1/s1. The molecule has 1 amide bonds. The molecule has 0 aliphatic carbocycles. The van der Waals surface area contributed by atoms with E-state index in [9.17, 15) is 4.79 Å². The van der Waals surface area contributed by atoms with Crippen LogP contribution in [0, 0.1) is 0 Å². The second-order valence-electron chi connectivity index (χ2n) is 6.11. The first-order valence-electron chi connectivity index (χ1n) is 8.53. The van der Waals surface area contributed by atoms with Gasteiger partial charge in [0, 0.05) is 13.5 Å². The second kappa shape index (κ2) is 8.67. The summed E-state index contributed by atoms with van der Waals surface area (Å²) in [6, 6.07) is 20.1. The Morgan fingerprint density at radius 1 is 1.08 bits per heavy atom. The highest BCUT2D eigenvalue weighted by Crippen LogP contribution is 2.18. The van der Waals surface area contributed by atoms with Crippen LogP contribution in [-0.4, -0.2) is 26.4 Å². The maximum Gasteiger partial charge on any atom is 0.230 e. The Morgan fingerprint density at radius 3 is 2.42 bits per heavy atom. The number of carbonyl (C=O) groups is 1. The number of hydrogen-bond acceptors (Lipinski definition) is 4. The first-order chi connectivity index (χ1) is 12.6. The van der Waals surface area contributed by atoms with Gasteiger partial charge in [-0.1, -0.05) is 72.4 Å². The molecule has 0 aliphatic heterocycles. The molecule has 1 heterocycles. The number of rotatable bonds is 7. The number of carbonyl (C=O) groups excluding carboxylic acids is 1. The third kappa shape index (κ3) is 4.73. The summed E-state index contributed by atoms with van der Waals surface area (Å²) < 4.78 is 1.95. The Hall–Kier alpha value is -2.60. The Bertz CT molecular complexity index is 849. The maximum atomic E-state index is 12.2. The fourth-order valence-electron chi connectivity index (χ4n) is 2.64. The lowest BCUT2D eigenvalue weighted by Crippen LogP contribution is -2.28. The number of nitrogens with one attached hydrogen (secondary N) is 1.